The molecule has 2 rings (SSSR count). The van der Waals surface area contributed by atoms with Gasteiger partial charge in [-0.15, -0.1) is 0 Å². The van der Waals surface area contributed by atoms with Crippen LogP contribution in [0.3, 0.4) is 0 Å². The summed E-state index contributed by atoms with van der Waals surface area (Å²) in [7, 11) is 1.70. The number of likely N-dealkylation sites (tertiary alicyclic amines) is 1. The van der Waals surface area contributed by atoms with Gasteiger partial charge < -0.3 is 9.84 Å². The lowest BCUT2D eigenvalue weighted by molar-refractivity contribution is 0.0837. The Morgan fingerprint density at radius 2 is 2.12 bits per heavy atom. The Kier molecular flexibility index (Phi) is 3.80. The fourth-order valence-electron chi connectivity index (χ4n) is 2.30. The Hall–Kier alpha value is -1.06. The Bertz CT molecular complexity index is 332. The van der Waals surface area contributed by atoms with Crippen molar-refractivity contribution in [2.24, 2.45) is 0 Å². The summed E-state index contributed by atoms with van der Waals surface area (Å²) in [6, 6.07) is 8.32. The molecule has 0 radical (unpaired) electrons. The third-order valence-electron chi connectivity index (χ3n) is 3.35. The van der Waals surface area contributed by atoms with Gasteiger partial charge in [0.1, 0.15) is 5.75 Å². The second-order valence-corrected chi connectivity index (χ2v) is 4.31. The van der Waals surface area contributed by atoms with E-state index in [4.69, 9.17) is 9.84 Å². The zero-order valence-corrected chi connectivity index (χ0v) is 9.72. The minimum atomic E-state index is 0.185. The number of hydrogen-bond acceptors (Lipinski definition) is 3. The van der Waals surface area contributed by atoms with E-state index in [1.54, 1.807) is 7.11 Å². The highest BCUT2D eigenvalue weighted by Gasteiger charge is 2.19. The zero-order chi connectivity index (χ0) is 11.4. The van der Waals surface area contributed by atoms with Crippen molar-refractivity contribution in [2.45, 2.75) is 18.8 Å². The van der Waals surface area contributed by atoms with Crippen LogP contribution in [0.25, 0.3) is 0 Å². The van der Waals surface area contributed by atoms with Crippen LogP contribution in [0.15, 0.2) is 24.3 Å². The van der Waals surface area contributed by atoms with Crippen LogP contribution in [-0.4, -0.2) is 36.9 Å². The number of methoxy groups -OCH3 is 1. The second-order valence-electron chi connectivity index (χ2n) is 4.31. The molecule has 0 bridgehead atoms. The van der Waals surface area contributed by atoms with E-state index in [1.165, 1.54) is 5.56 Å². The molecule has 0 spiro atoms. The van der Waals surface area contributed by atoms with Crippen molar-refractivity contribution in [1.29, 1.82) is 0 Å². The standard InChI is InChI=1S/C13H19NO2/c1-16-13-4-2-3-12(9-13)11-5-7-14(10-15)8-6-11/h2-4,9,11,15H,5-8,10H2,1H3. The Balaban J connectivity index is 2.02. The first-order chi connectivity index (χ1) is 7.83. The monoisotopic (exact) mass is 221 g/mol. The van der Waals surface area contributed by atoms with E-state index in [-0.39, 0.29) is 6.73 Å². The molecular formula is C13H19NO2. The summed E-state index contributed by atoms with van der Waals surface area (Å²) in [5.74, 6) is 1.54. The highest BCUT2D eigenvalue weighted by molar-refractivity contribution is 5.31. The van der Waals surface area contributed by atoms with Gasteiger partial charge in [-0.25, -0.2) is 0 Å². The first-order valence-corrected chi connectivity index (χ1v) is 5.80. The lowest BCUT2D eigenvalue weighted by Gasteiger charge is -2.30. The molecular weight excluding hydrogens is 202 g/mol. The molecule has 1 fully saturated rings. The largest absolute Gasteiger partial charge is 0.497 e. The number of aliphatic hydroxyl groups is 1. The van der Waals surface area contributed by atoms with Gasteiger partial charge in [-0.05, 0) is 36.5 Å². The Labute approximate surface area is 96.6 Å². The van der Waals surface area contributed by atoms with Crippen LogP contribution in [0.5, 0.6) is 5.75 Å². The van der Waals surface area contributed by atoms with Crippen LogP contribution in [0.2, 0.25) is 0 Å². The van der Waals surface area contributed by atoms with E-state index >= 15 is 0 Å². The van der Waals surface area contributed by atoms with Gasteiger partial charge in [-0.2, -0.15) is 0 Å². The summed E-state index contributed by atoms with van der Waals surface area (Å²) in [5, 5.41) is 9.04. The number of hydrogen-bond donors (Lipinski definition) is 1. The molecule has 3 nitrogen and oxygen atoms in total. The molecule has 1 aromatic rings. The van der Waals surface area contributed by atoms with Crippen molar-refractivity contribution in [2.75, 3.05) is 26.9 Å². The highest BCUT2D eigenvalue weighted by Crippen LogP contribution is 2.29. The number of nitrogens with zero attached hydrogens (tertiary/aromatic N) is 1. The maximum absolute atomic E-state index is 9.04. The average molecular weight is 221 g/mol. The molecule has 0 aliphatic carbocycles. The van der Waals surface area contributed by atoms with Crippen molar-refractivity contribution in [3.05, 3.63) is 29.8 Å². The van der Waals surface area contributed by atoms with Gasteiger partial charge in [0.2, 0.25) is 0 Å². The molecule has 1 aliphatic heterocycles. The highest BCUT2D eigenvalue weighted by atomic mass is 16.5. The van der Waals surface area contributed by atoms with Gasteiger partial charge in [0.05, 0.1) is 13.8 Å². The predicted molar refractivity (Wildman–Crippen MR) is 63.6 cm³/mol. The topological polar surface area (TPSA) is 32.7 Å². The summed E-state index contributed by atoms with van der Waals surface area (Å²) >= 11 is 0. The summed E-state index contributed by atoms with van der Waals surface area (Å²) in [5.41, 5.74) is 1.36. The quantitative estimate of drug-likeness (QED) is 0.845. The average Bonchev–Trinajstić information content (AvgIpc) is 2.39. The fraction of sp³-hybridized carbons (Fsp3) is 0.538. The van der Waals surface area contributed by atoms with Crippen molar-refractivity contribution in [1.82, 2.24) is 4.90 Å². The van der Waals surface area contributed by atoms with Crippen LogP contribution in [0.1, 0.15) is 24.3 Å². The molecule has 0 atom stereocenters. The second kappa shape index (κ2) is 5.32. The van der Waals surface area contributed by atoms with Crippen molar-refractivity contribution < 1.29 is 9.84 Å². The van der Waals surface area contributed by atoms with Crippen LogP contribution in [-0.2, 0) is 0 Å². The van der Waals surface area contributed by atoms with Gasteiger partial charge in [-0.3, -0.25) is 4.90 Å². The van der Waals surface area contributed by atoms with E-state index < -0.39 is 0 Å². The zero-order valence-electron chi connectivity index (χ0n) is 9.72. The normalized spacial score (nSPS) is 18.6. The van der Waals surface area contributed by atoms with Gasteiger partial charge in [0.25, 0.3) is 0 Å². The molecule has 1 aliphatic rings. The summed E-state index contributed by atoms with van der Waals surface area (Å²) < 4.78 is 5.24. The molecule has 1 aromatic carbocycles. The van der Waals surface area contributed by atoms with Gasteiger partial charge in [0, 0.05) is 13.1 Å². The molecule has 1 N–H and O–H groups in total. The first-order valence-electron chi connectivity index (χ1n) is 5.80. The maximum Gasteiger partial charge on any atom is 0.119 e. The van der Waals surface area contributed by atoms with E-state index in [9.17, 15) is 0 Å². The molecule has 0 saturated carbocycles. The van der Waals surface area contributed by atoms with Crippen LogP contribution < -0.4 is 4.74 Å². The van der Waals surface area contributed by atoms with E-state index in [0.717, 1.165) is 31.7 Å². The summed E-state index contributed by atoms with van der Waals surface area (Å²) in [6.45, 7) is 2.15. The third kappa shape index (κ3) is 2.54. The lowest BCUT2D eigenvalue weighted by atomic mass is 9.89. The number of aliphatic hydroxyl groups excluding tert-OH is 1. The Morgan fingerprint density at radius 3 is 2.75 bits per heavy atom. The molecule has 1 saturated heterocycles. The summed E-state index contributed by atoms with van der Waals surface area (Å²) in [4.78, 5) is 2.08. The van der Waals surface area contributed by atoms with Crippen molar-refractivity contribution in [3.63, 3.8) is 0 Å². The predicted octanol–water partition coefficient (Wildman–Crippen LogP) is 1.82. The van der Waals surface area contributed by atoms with E-state index in [2.05, 4.69) is 17.0 Å². The van der Waals surface area contributed by atoms with Gasteiger partial charge in [-0.1, -0.05) is 12.1 Å². The third-order valence-corrected chi connectivity index (χ3v) is 3.35. The number of rotatable bonds is 3. The molecule has 3 heteroatoms. The SMILES string of the molecule is COc1cccc(C2CCN(CO)CC2)c1. The minimum Gasteiger partial charge on any atom is -0.497 e. The molecule has 16 heavy (non-hydrogen) atoms. The van der Waals surface area contributed by atoms with E-state index in [1.807, 2.05) is 12.1 Å². The molecule has 0 amide bonds. The maximum atomic E-state index is 9.04. The molecule has 88 valence electrons. The molecule has 0 aromatic heterocycles. The number of ether oxygens (including phenoxy) is 1. The van der Waals surface area contributed by atoms with Crippen LogP contribution in [0.4, 0.5) is 0 Å². The van der Waals surface area contributed by atoms with Gasteiger partial charge in [0.15, 0.2) is 0 Å². The molecule has 0 unspecified atom stereocenters. The summed E-state index contributed by atoms with van der Waals surface area (Å²) in [6.07, 6.45) is 2.24. The minimum absolute atomic E-state index is 0.185. The van der Waals surface area contributed by atoms with Gasteiger partial charge >= 0.3 is 0 Å². The molecule has 1 heterocycles. The van der Waals surface area contributed by atoms with Crippen molar-refractivity contribution in [3.8, 4) is 5.75 Å². The van der Waals surface area contributed by atoms with E-state index in [0.29, 0.717) is 5.92 Å². The number of benzene rings is 1. The first kappa shape index (κ1) is 11.4. The van der Waals surface area contributed by atoms with Crippen LogP contribution in [0, 0.1) is 0 Å². The number of piperidine rings is 1. The Morgan fingerprint density at radius 1 is 1.38 bits per heavy atom. The lowest BCUT2D eigenvalue weighted by Crippen LogP contribution is -2.33. The fourth-order valence-corrected chi connectivity index (χ4v) is 2.30. The van der Waals surface area contributed by atoms with Crippen molar-refractivity contribution >= 4 is 0 Å². The smallest absolute Gasteiger partial charge is 0.119 e. The van der Waals surface area contributed by atoms with Crippen LogP contribution >= 0.6 is 0 Å².